The third kappa shape index (κ3) is 5.39. The first-order chi connectivity index (χ1) is 10.1. The van der Waals surface area contributed by atoms with E-state index >= 15 is 0 Å². The minimum atomic E-state index is 0.105. The van der Waals surface area contributed by atoms with Gasteiger partial charge in [-0.1, -0.05) is 17.7 Å². The lowest BCUT2D eigenvalue weighted by molar-refractivity contribution is 0.287. The van der Waals surface area contributed by atoms with Crippen LogP contribution in [-0.4, -0.2) is 22.7 Å². The Morgan fingerprint density at radius 2 is 1.86 bits per heavy atom. The van der Waals surface area contributed by atoms with Crippen molar-refractivity contribution in [1.82, 2.24) is 10.3 Å². The van der Waals surface area contributed by atoms with Gasteiger partial charge in [0.2, 0.25) is 0 Å². The van der Waals surface area contributed by atoms with E-state index in [-0.39, 0.29) is 6.04 Å². The molecule has 110 valence electrons. The summed E-state index contributed by atoms with van der Waals surface area (Å²) < 4.78 is 5.71. The van der Waals surface area contributed by atoms with E-state index in [0.717, 1.165) is 11.4 Å². The van der Waals surface area contributed by atoms with Gasteiger partial charge in [-0.2, -0.15) is 0 Å². The van der Waals surface area contributed by atoms with Crippen LogP contribution in [0.5, 0.6) is 5.75 Å². The number of hydrogen-bond donors (Lipinski definition) is 2. The molecule has 1 aromatic heterocycles. The molecular weight excluding hydrogens is 282 g/mol. The molecule has 0 amide bonds. The van der Waals surface area contributed by atoms with Crippen LogP contribution in [0.4, 0.5) is 5.69 Å². The van der Waals surface area contributed by atoms with Crippen molar-refractivity contribution in [2.45, 2.75) is 19.9 Å². The molecule has 0 aliphatic rings. The zero-order valence-corrected chi connectivity index (χ0v) is 13.0. The Morgan fingerprint density at radius 1 is 1.19 bits per heavy atom. The van der Waals surface area contributed by atoms with E-state index in [1.54, 1.807) is 12.4 Å². The minimum Gasteiger partial charge on any atom is -0.491 e. The molecule has 2 aromatic rings. The van der Waals surface area contributed by atoms with Crippen molar-refractivity contribution in [2.75, 3.05) is 11.9 Å². The van der Waals surface area contributed by atoms with E-state index < -0.39 is 0 Å². The second kappa shape index (κ2) is 7.59. The molecule has 0 radical (unpaired) electrons. The summed E-state index contributed by atoms with van der Waals surface area (Å²) >= 11 is 5.26. The third-order valence-electron chi connectivity index (χ3n) is 2.84. The molecule has 21 heavy (non-hydrogen) atoms. The highest BCUT2D eigenvalue weighted by atomic mass is 32.1. The first-order valence-corrected chi connectivity index (χ1v) is 7.21. The molecule has 0 saturated heterocycles. The standard InChI is InChI=1S/C16H19N3OS/c1-12-3-5-15(6-4-12)20-11-13(2)18-16(21)19-14-7-9-17-10-8-14/h3-10,13H,11H2,1-2H3,(H2,17,18,19,21)/t13-/m1/s1. The predicted octanol–water partition coefficient (Wildman–Crippen LogP) is 3.14. The van der Waals surface area contributed by atoms with Gasteiger partial charge in [0.15, 0.2) is 5.11 Å². The van der Waals surface area contributed by atoms with E-state index in [2.05, 4.69) is 22.5 Å². The van der Waals surface area contributed by atoms with Crippen LogP contribution in [0.15, 0.2) is 48.8 Å². The molecule has 0 spiro atoms. The van der Waals surface area contributed by atoms with Crippen LogP contribution in [0.2, 0.25) is 0 Å². The summed E-state index contributed by atoms with van der Waals surface area (Å²) in [4.78, 5) is 3.96. The Morgan fingerprint density at radius 3 is 2.52 bits per heavy atom. The van der Waals surface area contributed by atoms with Crippen molar-refractivity contribution in [3.8, 4) is 5.75 Å². The maximum Gasteiger partial charge on any atom is 0.171 e. The summed E-state index contributed by atoms with van der Waals surface area (Å²) in [5.41, 5.74) is 2.13. The van der Waals surface area contributed by atoms with Crippen molar-refractivity contribution in [3.63, 3.8) is 0 Å². The molecule has 1 aromatic carbocycles. The van der Waals surface area contributed by atoms with Crippen LogP contribution in [0, 0.1) is 6.92 Å². The molecule has 5 heteroatoms. The van der Waals surface area contributed by atoms with Crippen molar-refractivity contribution in [1.29, 1.82) is 0 Å². The molecule has 0 fully saturated rings. The van der Waals surface area contributed by atoms with Crippen LogP contribution < -0.4 is 15.4 Å². The van der Waals surface area contributed by atoms with Crippen molar-refractivity contribution >= 4 is 23.0 Å². The highest BCUT2D eigenvalue weighted by Gasteiger charge is 2.05. The van der Waals surface area contributed by atoms with Gasteiger partial charge in [-0.25, -0.2) is 0 Å². The smallest absolute Gasteiger partial charge is 0.171 e. The normalized spacial score (nSPS) is 11.5. The molecule has 0 bridgehead atoms. The fourth-order valence-corrected chi connectivity index (χ4v) is 2.04. The first kappa shape index (κ1) is 15.3. The van der Waals surface area contributed by atoms with E-state index in [1.165, 1.54) is 5.56 Å². The lowest BCUT2D eigenvalue weighted by Gasteiger charge is -2.17. The fraction of sp³-hybridized carbons (Fsp3) is 0.250. The number of hydrogen-bond acceptors (Lipinski definition) is 3. The van der Waals surface area contributed by atoms with E-state index in [1.807, 2.05) is 43.3 Å². The minimum absolute atomic E-state index is 0.105. The number of aryl methyl sites for hydroxylation is 1. The summed E-state index contributed by atoms with van der Waals surface area (Å²) in [6.07, 6.45) is 3.43. The molecular formula is C16H19N3OS. The molecule has 0 aliphatic heterocycles. The van der Waals surface area contributed by atoms with Crippen molar-refractivity contribution in [3.05, 3.63) is 54.4 Å². The Labute approximate surface area is 130 Å². The van der Waals surface area contributed by atoms with Gasteiger partial charge < -0.3 is 15.4 Å². The summed E-state index contributed by atoms with van der Waals surface area (Å²) in [7, 11) is 0. The number of benzene rings is 1. The van der Waals surface area contributed by atoms with E-state index in [0.29, 0.717) is 11.7 Å². The van der Waals surface area contributed by atoms with Gasteiger partial charge >= 0.3 is 0 Å². The summed E-state index contributed by atoms with van der Waals surface area (Å²) in [5.74, 6) is 0.863. The van der Waals surface area contributed by atoms with Crippen LogP contribution in [0.3, 0.4) is 0 Å². The molecule has 4 nitrogen and oxygen atoms in total. The van der Waals surface area contributed by atoms with Crippen LogP contribution in [0.1, 0.15) is 12.5 Å². The maximum absolute atomic E-state index is 5.71. The Bertz CT molecular complexity index is 572. The topological polar surface area (TPSA) is 46.2 Å². The van der Waals surface area contributed by atoms with Crippen molar-refractivity contribution < 1.29 is 4.74 Å². The van der Waals surface area contributed by atoms with Gasteiger partial charge in [0.25, 0.3) is 0 Å². The SMILES string of the molecule is Cc1ccc(OC[C@@H](C)NC(=S)Nc2ccncc2)cc1. The van der Waals surface area contributed by atoms with Crippen molar-refractivity contribution in [2.24, 2.45) is 0 Å². The van der Waals surface area contributed by atoms with Gasteiger partial charge in [-0.05, 0) is 50.3 Å². The fourth-order valence-electron chi connectivity index (χ4n) is 1.72. The Kier molecular flexibility index (Phi) is 5.51. The highest BCUT2D eigenvalue weighted by Crippen LogP contribution is 2.11. The number of rotatable bonds is 5. The van der Waals surface area contributed by atoms with Crippen LogP contribution in [0.25, 0.3) is 0 Å². The Hall–Kier alpha value is -2.14. The summed E-state index contributed by atoms with van der Waals surface area (Å²) in [6, 6.07) is 11.8. The molecule has 1 heterocycles. The zero-order valence-electron chi connectivity index (χ0n) is 12.2. The second-order valence-electron chi connectivity index (χ2n) is 4.86. The lowest BCUT2D eigenvalue weighted by atomic mass is 10.2. The van der Waals surface area contributed by atoms with Crippen LogP contribution in [-0.2, 0) is 0 Å². The monoisotopic (exact) mass is 301 g/mol. The van der Waals surface area contributed by atoms with Gasteiger partial charge in [-0.15, -0.1) is 0 Å². The molecule has 2 N–H and O–H groups in total. The number of nitrogens with zero attached hydrogens (tertiary/aromatic N) is 1. The maximum atomic E-state index is 5.71. The van der Waals surface area contributed by atoms with Gasteiger partial charge in [-0.3, -0.25) is 4.98 Å². The number of pyridine rings is 1. The van der Waals surface area contributed by atoms with Gasteiger partial charge in [0, 0.05) is 18.1 Å². The number of aromatic nitrogens is 1. The Balaban J connectivity index is 1.75. The molecule has 0 saturated carbocycles. The quantitative estimate of drug-likeness (QED) is 0.831. The summed E-state index contributed by atoms with van der Waals surface area (Å²) in [6.45, 7) is 4.62. The van der Waals surface area contributed by atoms with E-state index in [4.69, 9.17) is 17.0 Å². The van der Waals surface area contributed by atoms with E-state index in [9.17, 15) is 0 Å². The highest BCUT2D eigenvalue weighted by molar-refractivity contribution is 7.80. The van der Waals surface area contributed by atoms with Gasteiger partial charge in [0.05, 0.1) is 6.04 Å². The molecule has 0 aliphatic carbocycles. The molecule has 0 unspecified atom stereocenters. The molecule has 2 rings (SSSR count). The average Bonchev–Trinajstić information content (AvgIpc) is 2.47. The average molecular weight is 301 g/mol. The number of ether oxygens (including phenoxy) is 1. The number of thiocarbonyl (C=S) groups is 1. The predicted molar refractivity (Wildman–Crippen MR) is 89.7 cm³/mol. The van der Waals surface area contributed by atoms with Crippen LogP contribution >= 0.6 is 12.2 Å². The third-order valence-corrected chi connectivity index (χ3v) is 3.06. The molecule has 1 atom stereocenters. The first-order valence-electron chi connectivity index (χ1n) is 6.80. The lowest BCUT2D eigenvalue weighted by Crippen LogP contribution is -2.39. The zero-order chi connectivity index (χ0) is 15.1. The summed E-state index contributed by atoms with van der Waals surface area (Å²) in [5, 5.41) is 6.86. The second-order valence-corrected chi connectivity index (χ2v) is 5.27. The number of anilines is 1. The van der Waals surface area contributed by atoms with Gasteiger partial charge in [0.1, 0.15) is 12.4 Å². The largest absolute Gasteiger partial charge is 0.491 e. The number of nitrogens with one attached hydrogen (secondary N) is 2.